The van der Waals surface area contributed by atoms with Crippen molar-refractivity contribution in [3.05, 3.63) is 36.4 Å². The molecule has 1 aromatic carbocycles. The van der Waals surface area contributed by atoms with Gasteiger partial charge >= 0.3 is 18.2 Å². The smallest absolute Gasteiger partial charge is 0.418 e. The molecule has 29 heavy (non-hydrogen) atoms. The van der Waals surface area contributed by atoms with E-state index in [4.69, 9.17) is 4.74 Å². The third-order valence-electron chi connectivity index (χ3n) is 4.56. The summed E-state index contributed by atoms with van der Waals surface area (Å²) in [5.41, 5.74) is -1.21. The fraction of sp³-hybridized carbons (Fsp3) is 0.444. The molecule has 1 fully saturated rings. The number of aromatic nitrogens is 3. The lowest BCUT2D eigenvalue weighted by molar-refractivity contribution is -0.149. The molecule has 1 N–H and O–H groups in total. The predicted molar refractivity (Wildman–Crippen MR) is 96.3 cm³/mol. The first-order valence-corrected chi connectivity index (χ1v) is 9.08. The maximum absolute atomic E-state index is 13.5. The quantitative estimate of drug-likeness (QED) is 0.781. The van der Waals surface area contributed by atoms with Crippen molar-refractivity contribution in [3.63, 3.8) is 0 Å². The summed E-state index contributed by atoms with van der Waals surface area (Å²) in [5, 5.41) is 6.13. The molecule has 11 heteroatoms. The van der Waals surface area contributed by atoms with Crippen LogP contribution in [0.15, 0.2) is 30.9 Å². The number of carbonyl (C=O) groups excluding carboxylic acids is 2. The van der Waals surface area contributed by atoms with Crippen LogP contribution in [0, 0.1) is 5.92 Å². The SMILES string of the molecule is CCOC(=O)[C@H]1CCCN(C(=O)Nc2ccc(-n3cncn3)cc2C(F)(F)F)C1. The number of urea groups is 1. The van der Waals surface area contributed by atoms with E-state index < -0.39 is 29.7 Å². The van der Waals surface area contributed by atoms with E-state index in [1.165, 1.54) is 34.4 Å². The Balaban J connectivity index is 1.78. The molecule has 0 spiro atoms. The fourth-order valence-corrected chi connectivity index (χ4v) is 3.17. The number of hydrogen-bond donors (Lipinski definition) is 1. The number of esters is 1. The van der Waals surface area contributed by atoms with E-state index in [-0.39, 0.29) is 24.5 Å². The van der Waals surface area contributed by atoms with E-state index in [0.29, 0.717) is 19.4 Å². The van der Waals surface area contributed by atoms with Gasteiger partial charge in [0.15, 0.2) is 0 Å². The van der Waals surface area contributed by atoms with E-state index in [1.807, 2.05) is 0 Å². The molecule has 1 saturated heterocycles. The Kier molecular flexibility index (Phi) is 6.04. The third kappa shape index (κ3) is 4.84. The minimum atomic E-state index is -4.69. The number of likely N-dealkylation sites (tertiary alicyclic amines) is 1. The molecule has 2 aromatic rings. The fourth-order valence-electron chi connectivity index (χ4n) is 3.17. The molecule has 1 aromatic heterocycles. The van der Waals surface area contributed by atoms with Crippen LogP contribution in [0.25, 0.3) is 5.69 Å². The lowest BCUT2D eigenvalue weighted by Gasteiger charge is -2.31. The van der Waals surface area contributed by atoms with Crippen LogP contribution >= 0.6 is 0 Å². The van der Waals surface area contributed by atoms with Gasteiger partial charge < -0.3 is 15.0 Å². The monoisotopic (exact) mass is 411 g/mol. The van der Waals surface area contributed by atoms with Gasteiger partial charge in [0, 0.05) is 13.1 Å². The third-order valence-corrected chi connectivity index (χ3v) is 4.56. The van der Waals surface area contributed by atoms with Crippen LogP contribution in [0.1, 0.15) is 25.3 Å². The number of rotatable bonds is 4. The van der Waals surface area contributed by atoms with Crippen molar-refractivity contribution in [2.75, 3.05) is 25.0 Å². The van der Waals surface area contributed by atoms with Gasteiger partial charge in [-0.2, -0.15) is 18.3 Å². The highest BCUT2D eigenvalue weighted by Gasteiger charge is 2.35. The van der Waals surface area contributed by atoms with Crippen LogP contribution in [-0.4, -0.2) is 51.4 Å². The van der Waals surface area contributed by atoms with Crippen molar-refractivity contribution in [3.8, 4) is 5.69 Å². The number of carbonyl (C=O) groups is 2. The summed E-state index contributed by atoms with van der Waals surface area (Å²) in [7, 11) is 0. The average molecular weight is 411 g/mol. The zero-order chi connectivity index (χ0) is 21.0. The molecule has 1 aliphatic rings. The number of halogens is 3. The van der Waals surface area contributed by atoms with Gasteiger partial charge in [0.1, 0.15) is 12.7 Å². The van der Waals surface area contributed by atoms with Gasteiger partial charge in [0.25, 0.3) is 0 Å². The Morgan fingerprint density at radius 2 is 2.14 bits per heavy atom. The average Bonchev–Trinajstić information content (AvgIpc) is 3.22. The number of alkyl halides is 3. The highest BCUT2D eigenvalue weighted by Crippen LogP contribution is 2.36. The Morgan fingerprint density at radius 1 is 1.34 bits per heavy atom. The summed E-state index contributed by atoms with van der Waals surface area (Å²) in [4.78, 5) is 29.5. The molecular formula is C18H20F3N5O3. The van der Waals surface area contributed by atoms with Gasteiger partial charge in [0.2, 0.25) is 0 Å². The number of nitrogens with one attached hydrogen (secondary N) is 1. The van der Waals surface area contributed by atoms with E-state index in [9.17, 15) is 22.8 Å². The van der Waals surface area contributed by atoms with E-state index in [2.05, 4.69) is 15.4 Å². The first-order chi connectivity index (χ1) is 13.8. The van der Waals surface area contributed by atoms with E-state index >= 15 is 0 Å². The summed E-state index contributed by atoms with van der Waals surface area (Å²) in [6.07, 6.45) is -1.07. The molecule has 0 bridgehead atoms. The number of anilines is 1. The van der Waals surface area contributed by atoms with Crippen LogP contribution < -0.4 is 5.32 Å². The number of benzene rings is 1. The van der Waals surface area contributed by atoms with Crippen LogP contribution in [0.4, 0.5) is 23.7 Å². The van der Waals surface area contributed by atoms with E-state index in [1.54, 1.807) is 6.92 Å². The van der Waals surface area contributed by atoms with Crippen molar-refractivity contribution in [2.45, 2.75) is 25.9 Å². The highest BCUT2D eigenvalue weighted by atomic mass is 19.4. The van der Waals surface area contributed by atoms with Crippen LogP contribution in [-0.2, 0) is 15.7 Å². The van der Waals surface area contributed by atoms with Gasteiger partial charge in [-0.25, -0.2) is 14.5 Å². The summed E-state index contributed by atoms with van der Waals surface area (Å²) < 4.78 is 46.8. The zero-order valence-electron chi connectivity index (χ0n) is 15.6. The predicted octanol–water partition coefficient (Wildman–Crippen LogP) is 3.09. The number of piperidine rings is 1. The van der Waals surface area contributed by atoms with Crippen molar-refractivity contribution < 1.29 is 27.5 Å². The van der Waals surface area contributed by atoms with Gasteiger partial charge in [-0.15, -0.1) is 0 Å². The highest BCUT2D eigenvalue weighted by molar-refractivity contribution is 5.91. The van der Waals surface area contributed by atoms with Gasteiger partial charge in [0.05, 0.1) is 29.5 Å². The molecule has 2 heterocycles. The maximum atomic E-state index is 13.5. The van der Waals surface area contributed by atoms with Crippen molar-refractivity contribution in [2.24, 2.45) is 5.92 Å². The second-order valence-electron chi connectivity index (χ2n) is 6.54. The minimum absolute atomic E-state index is 0.100. The Hall–Kier alpha value is -3.11. The molecule has 0 saturated carbocycles. The topological polar surface area (TPSA) is 89.4 Å². The van der Waals surface area contributed by atoms with Gasteiger partial charge in [-0.05, 0) is 38.0 Å². The normalized spacial score (nSPS) is 17.1. The number of ether oxygens (including phenoxy) is 1. The standard InChI is InChI=1S/C18H20F3N5O3/c1-2-29-16(27)12-4-3-7-25(9-12)17(28)24-15-6-5-13(26-11-22-10-23-26)8-14(15)18(19,20)21/h5-6,8,10-12H,2-4,7,9H2,1H3,(H,24,28)/t12-/m0/s1. The number of hydrogen-bond acceptors (Lipinski definition) is 5. The van der Waals surface area contributed by atoms with Crippen LogP contribution in [0.3, 0.4) is 0 Å². The number of amides is 2. The van der Waals surface area contributed by atoms with Gasteiger partial charge in [-0.1, -0.05) is 0 Å². The molecule has 0 aliphatic carbocycles. The summed E-state index contributed by atoms with van der Waals surface area (Å²) in [5.74, 6) is -0.885. The van der Waals surface area contributed by atoms with Crippen LogP contribution in [0.2, 0.25) is 0 Å². The lowest BCUT2D eigenvalue weighted by Crippen LogP contribution is -2.44. The second-order valence-corrected chi connectivity index (χ2v) is 6.54. The van der Waals surface area contributed by atoms with E-state index in [0.717, 1.165) is 6.07 Å². The van der Waals surface area contributed by atoms with Gasteiger partial charge in [-0.3, -0.25) is 4.79 Å². The molecular weight excluding hydrogens is 391 g/mol. The van der Waals surface area contributed by atoms with Crippen molar-refractivity contribution >= 4 is 17.7 Å². The van der Waals surface area contributed by atoms with Crippen LogP contribution in [0.5, 0.6) is 0 Å². The number of nitrogens with zero attached hydrogens (tertiary/aromatic N) is 4. The molecule has 1 atom stereocenters. The summed E-state index contributed by atoms with van der Waals surface area (Å²) in [6, 6.07) is 2.77. The molecule has 0 radical (unpaired) electrons. The molecule has 3 rings (SSSR count). The minimum Gasteiger partial charge on any atom is -0.466 e. The Bertz CT molecular complexity index is 870. The first kappa shape index (κ1) is 20.6. The zero-order valence-corrected chi connectivity index (χ0v) is 15.6. The summed E-state index contributed by atoms with van der Waals surface area (Å²) >= 11 is 0. The second kappa shape index (κ2) is 8.50. The van der Waals surface area contributed by atoms with Crippen molar-refractivity contribution in [1.29, 1.82) is 0 Å². The maximum Gasteiger partial charge on any atom is 0.418 e. The molecule has 156 valence electrons. The van der Waals surface area contributed by atoms with Crippen molar-refractivity contribution in [1.82, 2.24) is 19.7 Å². The molecule has 2 amide bonds. The Morgan fingerprint density at radius 3 is 2.79 bits per heavy atom. The molecule has 1 aliphatic heterocycles. The summed E-state index contributed by atoms with van der Waals surface area (Å²) in [6.45, 7) is 2.37. The lowest BCUT2D eigenvalue weighted by atomic mass is 9.98. The first-order valence-electron chi connectivity index (χ1n) is 9.08. The molecule has 8 nitrogen and oxygen atoms in total. The largest absolute Gasteiger partial charge is 0.466 e. The Labute approximate surface area is 164 Å². The molecule has 0 unspecified atom stereocenters.